The van der Waals surface area contributed by atoms with Gasteiger partial charge in [-0.05, 0) is 61.7 Å². The van der Waals surface area contributed by atoms with Gasteiger partial charge in [0.15, 0.2) is 11.7 Å². The lowest BCUT2D eigenvalue weighted by Crippen LogP contribution is -2.20. The van der Waals surface area contributed by atoms with Gasteiger partial charge in [0, 0.05) is 12.1 Å². The van der Waals surface area contributed by atoms with E-state index in [4.69, 9.17) is 4.74 Å². The molecule has 28 heavy (non-hydrogen) atoms. The highest BCUT2D eigenvalue weighted by molar-refractivity contribution is 7.22. The molecule has 2 aromatic carbocycles. The predicted molar refractivity (Wildman–Crippen MR) is 113 cm³/mol. The maximum absolute atomic E-state index is 12.2. The molecule has 0 fully saturated rings. The van der Waals surface area contributed by atoms with Gasteiger partial charge < -0.3 is 15.4 Å². The Bertz CT molecular complexity index is 993. The van der Waals surface area contributed by atoms with Gasteiger partial charge in [-0.25, -0.2) is 4.98 Å². The zero-order valence-corrected chi connectivity index (χ0v) is 17.0. The second-order valence-electron chi connectivity index (χ2n) is 6.66. The first-order chi connectivity index (χ1) is 13.4. The van der Waals surface area contributed by atoms with E-state index in [0.29, 0.717) is 23.0 Å². The van der Waals surface area contributed by atoms with Gasteiger partial charge in [-0.15, -0.1) is 0 Å². The Kier molecular flexibility index (Phi) is 6.26. The highest BCUT2D eigenvalue weighted by atomic mass is 32.1. The van der Waals surface area contributed by atoms with Crippen LogP contribution in [0.2, 0.25) is 0 Å². The third-order valence-electron chi connectivity index (χ3n) is 3.96. The minimum atomic E-state index is -0.237. The summed E-state index contributed by atoms with van der Waals surface area (Å²) in [5.74, 6) is 0.399. The first-order valence-electron chi connectivity index (χ1n) is 9.14. The predicted octanol–water partition coefficient (Wildman–Crippen LogP) is 4.67. The number of ether oxygens (including phenoxy) is 1. The molecule has 0 aliphatic heterocycles. The fourth-order valence-corrected chi connectivity index (χ4v) is 3.75. The number of fused-ring (bicyclic) bond motifs is 1. The van der Waals surface area contributed by atoms with Crippen LogP contribution in [0, 0.1) is 13.8 Å². The number of hydrogen-bond donors (Lipinski definition) is 2. The monoisotopic (exact) mass is 397 g/mol. The Balaban J connectivity index is 1.61. The minimum Gasteiger partial charge on any atom is -0.484 e. The smallest absolute Gasteiger partial charge is 0.262 e. The van der Waals surface area contributed by atoms with Crippen molar-refractivity contribution in [2.75, 3.05) is 17.2 Å². The van der Waals surface area contributed by atoms with Crippen LogP contribution in [0.15, 0.2) is 36.4 Å². The average Bonchev–Trinajstić information content (AvgIpc) is 3.00. The zero-order valence-electron chi connectivity index (χ0n) is 16.2. The molecule has 2 amide bonds. The number of nitrogens with zero attached hydrogens (tertiary/aromatic N) is 1. The zero-order chi connectivity index (χ0) is 20.1. The van der Waals surface area contributed by atoms with E-state index in [2.05, 4.69) is 21.7 Å². The number of carbonyl (C=O) groups is 2. The molecule has 1 heterocycles. The first-order valence-corrected chi connectivity index (χ1v) is 9.96. The molecule has 0 atom stereocenters. The number of nitrogens with one attached hydrogen (secondary N) is 2. The quantitative estimate of drug-likeness (QED) is 0.607. The fraction of sp³-hybridized carbons (Fsp3) is 0.286. The van der Waals surface area contributed by atoms with E-state index in [1.165, 1.54) is 11.3 Å². The van der Waals surface area contributed by atoms with Crippen LogP contribution in [0.3, 0.4) is 0 Å². The van der Waals surface area contributed by atoms with Crippen LogP contribution in [-0.2, 0) is 9.59 Å². The van der Waals surface area contributed by atoms with E-state index >= 15 is 0 Å². The SMILES string of the molecule is CCCC(=O)Nc1nc2ccc(NC(=O)COc3cc(C)cc(C)c3)cc2s1. The Morgan fingerprint density at radius 1 is 1.04 bits per heavy atom. The van der Waals surface area contributed by atoms with Gasteiger partial charge in [-0.3, -0.25) is 9.59 Å². The summed E-state index contributed by atoms with van der Waals surface area (Å²) >= 11 is 1.38. The summed E-state index contributed by atoms with van der Waals surface area (Å²) in [6, 6.07) is 11.3. The largest absolute Gasteiger partial charge is 0.484 e. The molecule has 2 N–H and O–H groups in total. The summed E-state index contributed by atoms with van der Waals surface area (Å²) in [5.41, 5.74) is 3.62. The lowest BCUT2D eigenvalue weighted by molar-refractivity contribution is -0.118. The molecule has 0 saturated carbocycles. The topological polar surface area (TPSA) is 80.3 Å². The third-order valence-corrected chi connectivity index (χ3v) is 4.89. The van der Waals surface area contributed by atoms with Crippen molar-refractivity contribution in [1.82, 2.24) is 4.98 Å². The summed E-state index contributed by atoms with van der Waals surface area (Å²) in [6.07, 6.45) is 1.26. The number of hydrogen-bond acceptors (Lipinski definition) is 5. The summed E-state index contributed by atoms with van der Waals surface area (Å²) in [7, 11) is 0. The molecule has 0 saturated heterocycles. The summed E-state index contributed by atoms with van der Waals surface area (Å²) in [5, 5.41) is 6.20. The fourth-order valence-electron chi connectivity index (χ4n) is 2.83. The standard InChI is InChI=1S/C21H23N3O3S/c1-4-5-19(25)24-21-23-17-7-6-15(11-18(17)28-21)22-20(26)12-27-16-9-13(2)8-14(3)10-16/h6-11H,4-5,12H2,1-3H3,(H,22,26)(H,23,24,25). The van der Waals surface area contributed by atoms with E-state index in [9.17, 15) is 9.59 Å². The van der Waals surface area contributed by atoms with Crippen molar-refractivity contribution in [2.24, 2.45) is 0 Å². The second kappa shape index (κ2) is 8.84. The lowest BCUT2D eigenvalue weighted by Gasteiger charge is -2.09. The number of anilines is 2. The molecule has 0 unspecified atom stereocenters. The Morgan fingerprint density at radius 2 is 1.79 bits per heavy atom. The van der Waals surface area contributed by atoms with Crippen LogP contribution < -0.4 is 15.4 Å². The van der Waals surface area contributed by atoms with Crippen molar-refractivity contribution in [3.63, 3.8) is 0 Å². The van der Waals surface area contributed by atoms with Gasteiger partial charge in [0.1, 0.15) is 5.75 Å². The van der Waals surface area contributed by atoms with Crippen LogP contribution >= 0.6 is 11.3 Å². The van der Waals surface area contributed by atoms with Crippen molar-refractivity contribution >= 4 is 44.2 Å². The van der Waals surface area contributed by atoms with Gasteiger partial charge >= 0.3 is 0 Å². The van der Waals surface area contributed by atoms with Gasteiger partial charge in [0.05, 0.1) is 10.2 Å². The molecule has 3 aromatic rings. The molecule has 0 spiro atoms. The van der Waals surface area contributed by atoms with E-state index in [1.54, 1.807) is 6.07 Å². The van der Waals surface area contributed by atoms with Crippen molar-refractivity contribution < 1.29 is 14.3 Å². The van der Waals surface area contributed by atoms with E-state index in [1.807, 2.05) is 45.0 Å². The average molecular weight is 398 g/mol. The highest BCUT2D eigenvalue weighted by Crippen LogP contribution is 2.28. The number of rotatable bonds is 7. The molecular formula is C21H23N3O3S. The van der Waals surface area contributed by atoms with E-state index in [-0.39, 0.29) is 18.4 Å². The van der Waals surface area contributed by atoms with Gasteiger partial charge in [-0.1, -0.05) is 24.3 Å². The van der Waals surface area contributed by atoms with Crippen molar-refractivity contribution in [3.8, 4) is 5.75 Å². The molecule has 6 nitrogen and oxygen atoms in total. The lowest BCUT2D eigenvalue weighted by atomic mass is 10.1. The van der Waals surface area contributed by atoms with Crippen LogP contribution in [0.4, 0.5) is 10.8 Å². The number of aryl methyl sites for hydroxylation is 2. The maximum Gasteiger partial charge on any atom is 0.262 e. The highest BCUT2D eigenvalue weighted by Gasteiger charge is 2.10. The maximum atomic E-state index is 12.2. The molecule has 1 aromatic heterocycles. The first kappa shape index (κ1) is 19.8. The third kappa shape index (κ3) is 5.29. The van der Waals surface area contributed by atoms with E-state index < -0.39 is 0 Å². The van der Waals surface area contributed by atoms with Crippen molar-refractivity contribution in [3.05, 3.63) is 47.5 Å². The summed E-state index contributed by atoms with van der Waals surface area (Å²) in [4.78, 5) is 28.3. The summed E-state index contributed by atoms with van der Waals surface area (Å²) in [6.45, 7) is 5.87. The van der Waals surface area contributed by atoms with Crippen LogP contribution in [0.5, 0.6) is 5.75 Å². The normalized spacial score (nSPS) is 10.7. The second-order valence-corrected chi connectivity index (χ2v) is 7.69. The summed E-state index contributed by atoms with van der Waals surface area (Å²) < 4.78 is 6.48. The molecule has 0 radical (unpaired) electrons. The molecule has 0 bridgehead atoms. The number of aromatic nitrogens is 1. The molecule has 146 valence electrons. The molecular weight excluding hydrogens is 374 g/mol. The van der Waals surface area contributed by atoms with Crippen molar-refractivity contribution in [2.45, 2.75) is 33.6 Å². The number of carbonyl (C=O) groups excluding carboxylic acids is 2. The van der Waals surface area contributed by atoms with Crippen LogP contribution in [0.25, 0.3) is 10.2 Å². The number of thiazole rings is 1. The van der Waals surface area contributed by atoms with Gasteiger partial charge in [0.25, 0.3) is 5.91 Å². The van der Waals surface area contributed by atoms with Crippen LogP contribution in [-0.4, -0.2) is 23.4 Å². The molecule has 0 aliphatic rings. The molecule has 7 heteroatoms. The Labute approximate surface area is 167 Å². The van der Waals surface area contributed by atoms with Gasteiger partial charge in [-0.2, -0.15) is 0 Å². The van der Waals surface area contributed by atoms with Crippen molar-refractivity contribution in [1.29, 1.82) is 0 Å². The minimum absolute atomic E-state index is 0.0429. The number of benzene rings is 2. The van der Waals surface area contributed by atoms with Crippen LogP contribution in [0.1, 0.15) is 30.9 Å². The van der Waals surface area contributed by atoms with Gasteiger partial charge in [0.2, 0.25) is 5.91 Å². The Hall–Kier alpha value is -2.93. The molecule has 3 rings (SSSR count). The number of amides is 2. The van der Waals surface area contributed by atoms with E-state index in [0.717, 1.165) is 27.8 Å². The Morgan fingerprint density at radius 3 is 2.50 bits per heavy atom. The molecule has 0 aliphatic carbocycles.